The first-order valence-electron chi connectivity index (χ1n) is 12.3. The molecule has 0 fully saturated rings. The molecule has 0 unspecified atom stereocenters. The van der Waals surface area contributed by atoms with E-state index in [1.54, 1.807) is 16.5 Å². The average Bonchev–Trinajstić information content (AvgIpc) is 3.40. The van der Waals surface area contributed by atoms with E-state index in [1.165, 1.54) is 0 Å². The van der Waals surface area contributed by atoms with Crippen LogP contribution in [0.5, 0.6) is 0 Å². The third-order valence-corrected chi connectivity index (χ3v) is 7.58. The lowest BCUT2D eigenvalue weighted by Crippen LogP contribution is -2.33. The Labute approximate surface area is 209 Å². The number of hydrogen-bond donors (Lipinski definition) is 0. The van der Waals surface area contributed by atoms with Gasteiger partial charge in [0.15, 0.2) is 0 Å². The summed E-state index contributed by atoms with van der Waals surface area (Å²) < 4.78 is 3.90. The molecule has 2 aliphatic heterocycles. The first-order chi connectivity index (χ1) is 17.2. The summed E-state index contributed by atoms with van der Waals surface area (Å²) in [5.41, 5.74) is 3.72. The summed E-state index contributed by atoms with van der Waals surface area (Å²) in [6, 6.07) is 7.91. The largest absolute Gasteiger partial charge is 0.362 e. The number of carbonyl (C=O) groups excluding carboxylic acids is 1. The molecule has 1 aromatic carbocycles. The first-order valence-corrected chi connectivity index (χ1v) is 12.3. The molecular formula is C27H29N7O2. The van der Waals surface area contributed by atoms with Gasteiger partial charge in [0, 0.05) is 51.0 Å². The van der Waals surface area contributed by atoms with Gasteiger partial charge < -0.3 is 14.4 Å². The molecule has 9 heteroatoms. The summed E-state index contributed by atoms with van der Waals surface area (Å²) in [5, 5.41) is 0.613. The van der Waals surface area contributed by atoms with Crippen LogP contribution in [-0.4, -0.2) is 43.6 Å². The molecule has 5 heterocycles. The number of likely N-dealkylation sites (N-methyl/N-ethyl adjacent to an activating group) is 1. The Morgan fingerprint density at radius 2 is 1.92 bits per heavy atom. The number of anilines is 2. The van der Waals surface area contributed by atoms with Crippen molar-refractivity contribution in [2.75, 3.05) is 23.4 Å². The summed E-state index contributed by atoms with van der Waals surface area (Å²) in [5.74, 6) is 1.77. The Hall–Kier alpha value is -4.01. The zero-order valence-electron chi connectivity index (χ0n) is 21.0. The van der Waals surface area contributed by atoms with Crippen LogP contribution >= 0.6 is 0 Å². The normalized spacial score (nSPS) is 16.5. The van der Waals surface area contributed by atoms with E-state index in [2.05, 4.69) is 19.4 Å². The van der Waals surface area contributed by atoms with Gasteiger partial charge in [-0.3, -0.25) is 19.1 Å². The van der Waals surface area contributed by atoms with Crippen molar-refractivity contribution in [1.82, 2.24) is 24.1 Å². The number of nitrogens with zero attached hydrogens (tertiary/aromatic N) is 7. The molecule has 0 bridgehead atoms. The molecule has 184 valence electrons. The minimum Gasteiger partial charge on any atom is -0.362 e. The van der Waals surface area contributed by atoms with E-state index in [1.807, 2.05) is 63.6 Å². The number of hydrogen-bond acceptors (Lipinski definition) is 6. The van der Waals surface area contributed by atoms with Crippen molar-refractivity contribution in [3.63, 3.8) is 0 Å². The standard InChI is InChI=1S/C27H29N7O2/c1-17-30-21-14-19(33-12-11-32-10-8-28-23(32)16-33)5-6-20(21)25(35)34(17)9-7-18-13-22-24(29-15-18)27(2,3)26(36)31(22)4/h5-6,8,10,13-15H,7,9,11-12,16H2,1-4H3. The number of benzene rings is 1. The zero-order chi connectivity index (χ0) is 25.2. The number of amides is 1. The Morgan fingerprint density at radius 3 is 2.75 bits per heavy atom. The van der Waals surface area contributed by atoms with Crippen LogP contribution in [0.1, 0.15) is 36.8 Å². The molecule has 0 saturated heterocycles. The van der Waals surface area contributed by atoms with Gasteiger partial charge >= 0.3 is 0 Å². The fourth-order valence-corrected chi connectivity index (χ4v) is 5.41. The van der Waals surface area contributed by atoms with Crippen molar-refractivity contribution in [1.29, 1.82) is 0 Å². The Balaban J connectivity index is 1.26. The zero-order valence-corrected chi connectivity index (χ0v) is 21.0. The predicted octanol–water partition coefficient (Wildman–Crippen LogP) is 2.81. The maximum Gasteiger partial charge on any atom is 0.261 e. The van der Waals surface area contributed by atoms with Crippen LogP contribution in [0.2, 0.25) is 0 Å². The molecule has 2 aliphatic rings. The number of fused-ring (bicyclic) bond motifs is 3. The van der Waals surface area contributed by atoms with Gasteiger partial charge in [-0.2, -0.15) is 0 Å². The summed E-state index contributed by atoms with van der Waals surface area (Å²) in [4.78, 5) is 43.7. The minimum atomic E-state index is -0.619. The van der Waals surface area contributed by atoms with E-state index < -0.39 is 5.41 Å². The molecule has 0 spiro atoms. The van der Waals surface area contributed by atoms with Crippen molar-refractivity contribution in [3.8, 4) is 0 Å². The van der Waals surface area contributed by atoms with Crippen LogP contribution in [0.4, 0.5) is 11.4 Å². The molecule has 0 saturated carbocycles. The SMILES string of the molecule is Cc1nc2cc(N3CCn4ccnc4C3)ccc2c(=O)n1CCc1cnc2c(c1)N(C)C(=O)C2(C)C. The lowest BCUT2D eigenvalue weighted by Gasteiger charge is -2.29. The van der Waals surface area contributed by atoms with E-state index in [0.29, 0.717) is 29.7 Å². The number of carbonyl (C=O) groups is 1. The maximum atomic E-state index is 13.4. The van der Waals surface area contributed by atoms with Crippen LogP contribution < -0.4 is 15.4 Å². The monoisotopic (exact) mass is 483 g/mol. The van der Waals surface area contributed by atoms with E-state index in [4.69, 9.17) is 4.98 Å². The second-order valence-electron chi connectivity index (χ2n) is 10.2. The Bertz CT molecular complexity index is 1580. The third kappa shape index (κ3) is 3.41. The quantitative estimate of drug-likeness (QED) is 0.444. The number of rotatable bonds is 4. The number of pyridine rings is 1. The van der Waals surface area contributed by atoms with Crippen LogP contribution in [0.15, 0.2) is 47.7 Å². The molecule has 0 N–H and O–H groups in total. The van der Waals surface area contributed by atoms with Crippen molar-refractivity contribution >= 4 is 28.2 Å². The smallest absolute Gasteiger partial charge is 0.261 e. The van der Waals surface area contributed by atoms with E-state index in [0.717, 1.165) is 48.1 Å². The Morgan fingerprint density at radius 1 is 1.08 bits per heavy atom. The lowest BCUT2D eigenvalue weighted by molar-refractivity contribution is -0.121. The molecule has 1 amide bonds. The van der Waals surface area contributed by atoms with E-state index in [-0.39, 0.29) is 11.5 Å². The summed E-state index contributed by atoms with van der Waals surface area (Å²) in [7, 11) is 1.79. The second-order valence-corrected chi connectivity index (χ2v) is 10.2. The van der Waals surface area contributed by atoms with Crippen molar-refractivity contribution < 1.29 is 4.79 Å². The highest BCUT2D eigenvalue weighted by molar-refractivity contribution is 6.06. The number of imidazole rings is 1. The van der Waals surface area contributed by atoms with Gasteiger partial charge in [0.25, 0.3) is 5.56 Å². The van der Waals surface area contributed by atoms with Crippen LogP contribution in [-0.2, 0) is 36.3 Å². The van der Waals surface area contributed by atoms with Gasteiger partial charge in [0.1, 0.15) is 11.6 Å². The molecule has 3 aromatic heterocycles. The summed E-state index contributed by atoms with van der Waals surface area (Å²) >= 11 is 0. The summed E-state index contributed by atoms with van der Waals surface area (Å²) in [6.07, 6.45) is 6.29. The molecule has 4 aromatic rings. The second kappa shape index (κ2) is 8.01. The fraction of sp³-hybridized carbons (Fsp3) is 0.370. The lowest BCUT2D eigenvalue weighted by atomic mass is 9.90. The highest BCUT2D eigenvalue weighted by Crippen LogP contribution is 2.39. The average molecular weight is 484 g/mol. The number of aromatic nitrogens is 5. The van der Waals surface area contributed by atoms with Gasteiger partial charge in [-0.1, -0.05) is 0 Å². The summed E-state index contributed by atoms with van der Waals surface area (Å²) in [6.45, 7) is 8.69. The van der Waals surface area contributed by atoms with Crippen molar-refractivity contribution in [2.24, 2.45) is 0 Å². The number of aryl methyl sites for hydroxylation is 2. The molecule has 36 heavy (non-hydrogen) atoms. The highest BCUT2D eigenvalue weighted by atomic mass is 16.2. The topological polar surface area (TPSA) is 89.2 Å². The predicted molar refractivity (Wildman–Crippen MR) is 138 cm³/mol. The Kier molecular flexibility index (Phi) is 5.00. The van der Waals surface area contributed by atoms with E-state index in [9.17, 15) is 9.59 Å². The van der Waals surface area contributed by atoms with Gasteiger partial charge in [-0.15, -0.1) is 0 Å². The first kappa shape index (κ1) is 22.5. The molecule has 6 rings (SSSR count). The minimum absolute atomic E-state index is 0.0409. The molecular weight excluding hydrogens is 454 g/mol. The van der Waals surface area contributed by atoms with Crippen LogP contribution in [0.25, 0.3) is 10.9 Å². The van der Waals surface area contributed by atoms with Crippen LogP contribution in [0, 0.1) is 6.92 Å². The van der Waals surface area contributed by atoms with Crippen molar-refractivity contribution in [2.45, 2.75) is 52.2 Å². The maximum absolute atomic E-state index is 13.4. The van der Waals surface area contributed by atoms with Gasteiger partial charge in [0.2, 0.25) is 5.91 Å². The third-order valence-electron chi connectivity index (χ3n) is 7.58. The highest BCUT2D eigenvalue weighted by Gasteiger charge is 2.43. The van der Waals surface area contributed by atoms with Gasteiger partial charge in [0.05, 0.1) is 34.2 Å². The van der Waals surface area contributed by atoms with Crippen molar-refractivity contribution in [3.05, 3.63) is 76.1 Å². The molecule has 0 atom stereocenters. The van der Waals surface area contributed by atoms with E-state index >= 15 is 0 Å². The fourth-order valence-electron chi connectivity index (χ4n) is 5.41. The molecule has 9 nitrogen and oxygen atoms in total. The van der Waals surface area contributed by atoms with Gasteiger partial charge in [-0.05, 0) is 57.0 Å². The van der Waals surface area contributed by atoms with Gasteiger partial charge in [-0.25, -0.2) is 9.97 Å². The van der Waals surface area contributed by atoms with Crippen LogP contribution in [0.3, 0.4) is 0 Å². The molecule has 0 aliphatic carbocycles. The molecule has 0 radical (unpaired) electrons.